The fourth-order valence-electron chi connectivity index (χ4n) is 2.18. The van der Waals surface area contributed by atoms with E-state index < -0.39 is 10.0 Å². The van der Waals surface area contributed by atoms with E-state index in [9.17, 15) is 13.5 Å². The number of nitrogens with one attached hydrogen (secondary N) is 1. The maximum absolute atomic E-state index is 12.2. The molecule has 0 aromatic heterocycles. The Morgan fingerprint density at radius 1 is 1.52 bits per heavy atom. The van der Waals surface area contributed by atoms with Crippen molar-refractivity contribution in [1.82, 2.24) is 9.62 Å². The predicted octanol–water partition coefficient (Wildman–Crippen LogP) is -0.0266. The number of anilines is 1. The summed E-state index contributed by atoms with van der Waals surface area (Å²) in [6, 6.07) is 3.81. The number of morpholine rings is 1. The van der Waals surface area contributed by atoms with Gasteiger partial charge in [-0.25, -0.2) is 13.1 Å². The van der Waals surface area contributed by atoms with Crippen molar-refractivity contribution in [2.75, 3.05) is 38.5 Å². The van der Waals surface area contributed by atoms with Gasteiger partial charge in [0.25, 0.3) is 0 Å². The molecule has 1 atom stereocenters. The summed E-state index contributed by atoms with van der Waals surface area (Å²) >= 11 is 0. The second kappa shape index (κ2) is 6.61. The molecule has 0 bridgehead atoms. The minimum atomic E-state index is -3.66. The summed E-state index contributed by atoms with van der Waals surface area (Å²) in [4.78, 5) is 2.24. The van der Waals surface area contributed by atoms with Gasteiger partial charge >= 0.3 is 0 Å². The van der Waals surface area contributed by atoms with Crippen LogP contribution in [0.25, 0.3) is 0 Å². The molecule has 4 N–H and O–H groups in total. The molecule has 1 fully saturated rings. The van der Waals surface area contributed by atoms with Crippen molar-refractivity contribution in [3.63, 3.8) is 0 Å². The first-order chi connectivity index (χ1) is 9.92. The second-order valence-electron chi connectivity index (χ2n) is 4.96. The van der Waals surface area contributed by atoms with Crippen LogP contribution in [0.4, 0.5) is 5.69 Å². The highest BCUT2D eigenvalue weighted by atomic mass is 32.2. The monoisotopic (exact) mass is 315 g/mol. The van der Waals surface area contributed by atoms with E-state index in [1.54, 1.807) is 0 Å². The normalized spacial score (nSPS) is 20.5. The van der Waals surface area contributed by atoms with Crippen molar-refractivity contribution in [3.05, 3.63) is 18.2 Å². The lowest BCUT2D eigenvalue weighted by atomic mass is 10.3. The standard InChI is InChI=1S/C13H21N3O4S/c1-2-16-5-6-20-10(9-16)8-15-21(18,19)11-3-4-13(17)12(14)7-11/h3-4,7,10,15,17H,2,5-6,8-9,14H2,1H3. The van der Waals surface area contributed by atoms with Crippen LogP contribution in [-0.2, 0) is 14.8 Å². The van der Waals surface area contributed by atoms with Crippen LogP contribution in [0.3, 0.4) is 0 Å². The minimum Gasteiger partial charge on any atom is -0.506 e. The summed E-state index contributed by atoms with van der Waals surface area (Å²) in [5, 5.41) is 9.33. The number of likely N-dealkylation sites (N-methyl/N-ethyl adjacent to an activating group) is 1. The molecule has 0 radical (unpaired) electrons. The van der Waals surface area contributed by atoms with Gasteiger partial charge in [0, 0.05) is 19.6 Å². The molecule has 8 heteroatoms. The molecule has 0 spiro atoms. The number of hydrogen-bond acceptors (Lipinski definition) is 6. The first-order valence-electron chi connectivity index (χ1n) is 6.84. The van der Waals surface area contributed by atoms with Gasteiger partial charge in [-0.05, 0) is 24.7 Å². The lowest BCUT2D eigenvalue weighted by Gasteiger charge is -2.32. The van der Waals surface area contributed by atoms with Crippen molar-refractivity contribution in [1.29, 1.82) is 0 Å². The Kier molecular flexibility index (Phi) is 5.04. The van der Waals surface area contributed by atoms with Gasteiger partial charge in [0.1, 0.15) is 5.75 Å². The molecule has 0 saturated carbocycles. The Bertz CT molecular complexity index is 591. The summed E-state index contributed by atoms with van der Waals surface area (Å²) in [5.74, 6) is -0.136. The number of hydrogen-bond donors (Lipinski definition) is 3. The van der Waals surface area contributed by atoms with Crippen LogP contribution < -0.4 is 10.5 Å². The van der Waals surface area contributed by atoms with Crippen LogP contribution >= 0.6 is 0 Å². The molecule has 21 heavy (non-hydrogen) atoms. The molecule has 1 aromatic rings. The van der Waals surface area contributed by atoms with Crippen molar-refractivity contribution < 1.29 is 18.3 Å². The van der Waals surface area contributed by atoms with Gasteiger partial charge in [-0.1, -0.05) is 6.92 Å². The third-order valence-corrected chi connectivity index (χ3v) is 4.90. The van der Waals surface area contributed by atoms with Gasteiger partial charge in [0.2, 0.25) is 10.0 Å². The van der Waals surface area contributed by atoms with Crippen LogP contribution in [0.15, 0.2) is 23.1 Å². The first-order valence-corrected chi connectivity index (χ1v) is 8.33. The van der Waals surface area contributed by atoms with Gasteiger partial charge in [-0.2, -0.15) is 0 Å². The van der Waals surface area contributed by atoms with Crippen molar-refractivity contribution >= 4 is 15.7 Å². The molecule has 0 aliphatic carbocycles. The van der Waals surface area contributed by atoms with Crippen LogP contribution in [0, 0.1) is 0 Å². The SMILES string of the molecule is CCN1CCOC(CNS(=O)(=O)c2ccc(O)c(N)c2)C1. The van der Waals surface area contributed by atoms with Gasteiger partial charge in [-0.3, -0.25) is 4.90 Å². The molecule has 0 amide bonds. The lowest BCUT2D eigenvalue weighted by Crippen LogP contribution is -2.47. The fourth-order valence-corrected chi connectivity index (χ4v) is 3.28. The highest BCUT2D eigenvalue weighted by Gasteiger charge is 2.22. The lowest BCUT2D eigenvalue weighted by molar-refractivity contribution is -0.0229. The van der Waals surface area contributed by atoms with Crippen LogP contribution in [0.1, 0.15) is 6.92 Å². The molecular formula is C13H21N3O4S. The number of sulfonamides is 1. The molecular weight excluding hydrogens is 294 g/mol. The number of benzene rings is 1. The summed E-state index contributed by atoms with van der Waals surface area (Å²) in [7, 11) is -3.66. The Balaban J connectivity index is 1.99. The van der Waals surface area contributed by atoms with Gasteiger partial charge in [0.15, 0.2) is 0 Å². The van der Waals surface area contributed by atoms with E-state index in [2.05, 4.69) is 16.5 Å². The maximum Gasteiger partial charge on any atom is 0.240 e. The molecule has 1 unspecified atom stereocenters. The quantitative estimate of drug-likeness (QED) is 0.521. The highest BCUT2D eigenvalue weighted by Crippen LogP contribution is 2.23. The van der Waals surface area contributed by atoms with Crippen LogP contribution in [-0.4, -0.2) is 57.3 Å². The van der Waals surface area contributed by atoms with Gasteiger partial charge in [-0.15, -0.1) is 0 Å². The van der Waals surface area contributed by atoms with E-state index >= 15 is 0 Å². The van der Waals surface area contributed by atoms with E-state index in [-0.39, 0.29) is 29.0 Å². The largest absolute Gasteiger partial charge is 0.506 e. The van der Waals surface area contributed by atoms with E-state index in [1.807, 2.05) is 0 Å². The number of nitrogens with two attached hydrogens (primary N) is 1. The highest BCUT2D eigenvalue weighted by molar-refractivity contribution is 7.89. The van der Waals surface area contributed by atoms with E-state index in [4.69, 9.17) is 10.5 Å². The Hall–Kier alpha value is -1.35. The topological polar surface area (TPSA) is 105 Å². The zero-order valence-corrected chi connectivity index (χ0v) is 12.8. The summed E-state index contributed by atoms with van der Waals surface area (Å²) in [5.41, 5.74) is 5.55. The van der Waals surface area contributed by atoms with Crippen LogP contribution in [0.2, 0.25) is 0 Å². The molecule has 7 nitrogen and oxygen atoms in total. The molecule has 1 aromatic carbocycles. The number of phenolic OH excluding ortho intramolecular Hbond substituents is 1. The molecule has 1 heterocycles. The fraction of sp³-hybridized carbons (Fsp3) is 0.538. The Morgan fingerprint density at radius 3 is 2.95 bits per heavy atom. The van der Waals surface area contributed by atoms with Crippen LogP contribution in [0.5, 0.6) is 5.75 Å². The number of nitrogen functional groups attached to an aromatic ring is 1. The molecule has 2 rings (SSSR count). The summed E-state index contributed by atoms with van der Waals surface area (Å²) in [6.07, 6.45) is -0.164. The summed E-state index contributed by atoms with van der Waals surface area (Å²) in [6.45, 7) is 5.36. The van der Waals surface area contributed by atoms with E-state index in [0.29, 0.717) is 13.2 Å². The molecule has 1 aliphatic rings. The van der Waals surface area contributed by atoms with Crippen molar-refractivity contribution in [2.45, 2.75) is 17.9 Å². The summed E-state index contributed by atoms with van der Waals surface area (Å²) < 4.78 is 32.4. The second-order valence-corrected chi connectivity index (χ2v) is 6.73. The third-order valence-electron chi connectivity index (χ3n) is 3.48. The predicted molar refractivity (Wildman–Crippen MR) is 79.6 cm³/mol. The number of aromatic hydroxyl groups is 1. The maximum atomic E-state index is 12.2. The average Bonchev–Trinajstić information content (AvgIpc) is 2.48. The molecule has 118 valence electrons. The zero-order valence-electron chi connectivity index (χ0n) is 11.9. The average molecular weight is 315 g/mol. The van der Waals surface area contributed by atoms with Gasteiger partial charge < -0.3 is 15.6 Å². The van der Waals surface area contributed by atoms with Gasteiger partial charge in [0.05, 0.1) is 23.3 Å². The first kappa shape index (κ1) is 16.0. The smallest absolute Gasteiger partial charge is 0.240 e. The third kappa shape index (κ3) is 4.07. The minimum absolute atomic E-state index is 0.0287. The number of nitrogens with zero attached hydrogens (tertiary/aromatic N) is 1. The van der Waals surface area contributed by atoms with E-state index in [1.165, 1.54) is 18.2 Å². The number of phenols is 1. The molecule has 1 saturated heterocycles. The number of ether oxygens (including phenoxy) is 1. The van der Waals surface area contributed by atoms with Crippen molar-refractivity contribution in [3.8, 4) is 5.75 Å². The number of rotatable bonds is 5. The zero-order chi connectivity index (χ0) is 15.5. The Morgan fingerprint density at radius 2 is 2.29 bits per heavy atom. The van der Waals surface area contributed by atoms with E-state index in [0.717, 1.165) is 13.1 Å². The molecule has 1 aliphatic heterocycles. The Labute approximate surface area is 124 Å². The van der Waals surface area contributed by atoms with Crippen molar-refractivity contribution in [2.24, 2.45) is 0 Å².